The van der Waals surface area contributed by atoms with E-state index in [1.165, 1.54) is 18.4 Å². The van der Waals surface area contributed by atoms with Crippen LogP contribution in [-0.4, -0.2) is 18.3 Å². The molecule has 0 aliphatic heterocycles. The van der Waals surface area contributed by atoms with Gasteiger partial charge in [0, 0.05) is 18.2 Å². The maximum Gasteiger partial charge on any atom is 0.0950 e. The SMILES string of the molecule is CC(NCCCCCCO)c1ccoc1. The molecular formula is C12H21NO2. The molecule has 86 valence electrons. The van der Waals surface area contributed by atoms with E-state index in [4.69, 9.17) is 9.52 Å². The highest BCUT2D eigenvalue weighted by molar-refractivity contribution is 5.09. The molecule has 0 saturated heterocycles. The summed E-state index contributed by atoms with van der Waals surface area (Å²) in [7, 11) is 0. The number of rotatable bonds is 8. The fourth-order valence-electron chi connectivity index (χ4n) is 1.55. The van der Waals surface area contributed by atoms with Gasteiger partial charge in [-0.1, -0.05) is 12.8 Å². The fraction of sp³-hybridized carbons (Fsp3) is 0.667. The first kappa shape index (κ1) is 12.3. The van der Waals surface area contributed by atoms with E-state index >= 15 is 0 Å². The molecule has 0 aliphatic carbocycles. The van der Waals surface area contributed by atoms with E-state index in [0.29, 0.717) is 12.6 Å². The van der Waals surface area contributed by atoms with Crippen molar-refractivity contribution in [3.8, 4) is 0 Å². The summed E-state index contributed by atoms with van der Waals surface area (Å²) in [5.74, 6) is 0. The molecule has 0 saturated carbocycles. The van der Waals surface area contributed by atoms with Crippen LogP contribution in [0.3, 0.4) is 0 Å². The number of aliphatic hydroxyl groups is 1. The first-order chi connectivity index (χ1) is 7.34. The smallest absolute Gasteiger partial charge is 0.0950 e. The third kappa shape index (κ3) is 5.00. The zero-order chi connectivity index (χ0) is 10.9. The first-order valence-electron chi connectivity index (χ1n) is 5.71. The second-order valence-electron chi connectivity index (χ2n) is 3.87. The van der Waals surface area contributed by atoms with Gasteiger partial charge in [-0.3, -0.25) is 0 Å². The quantitative estimate of drug-likeness (QED) is 0.649. The van der Waals surface area contributed by atoms with Crippen LogP contribution in [0, 0.1) is 0 Å². The van der Waals surface area contributed by atoms with Crippen LogP contribution in [0.15, 0.2) is 23.0 Å². The normalized spacial score (nSPS) is 12.9. The standard InChI is InChI=1S/C12H21NO2/c1-11(12-6-9-15-10-12)13-7-4-2-3-5-8-14/h6,9-11,13-14H,2-5,7-8H2,1H3. The lowest BCUT2D eigenvalue weighted by Crippen LogP contribution is -2.19. The van der Waals surface area contributed by atoms with E-state index in [-0.39, 0.29) is 0 Å². The van der Waals surface area contributed by atoms with E-state index in [2.05, 4.69) is 12.2 Å². The van der Waals surface area contributed by atoms with Gasteiger partial charge in [0.25, 0.3) is 0 Å². The van der Waals surface area contributed by atoms with Crippen molar-refractivity contribution in [3.63, 3.8) is 0 Å². The van der Waals surface area contributed by atoms with Gasteiger partial charge in [-0.15, -0.1) is 0 Å². The third-order valence-corrected chi connectivity index (χ3v) is 2.58. The molecule has 0 aromatic carbocycles. The molecule has 2 N–H and O–H groups in total. The minimum absolute atomic E-state index is 0.318. The summed E-state index contributed by atoms with van der Waals surface area (Å²) in [5.41, 5.74) is 1.20. The van der Waals surface area contributed by atoms with Gasteiger partial charge in [0.2, 0.25) is 0 Å². The molecule has 1 atom stereocenters. The van der Waals surface area contributed by atoms with Gasteiger partial charge in [-0.2, -0.15) is 0 Å². The third-order valence-electron chi connectivity index (χ3n) is 2.58. The second-order valence-corrected chi connectivity index (χ2v) is 3.87. The molecule has 1 rings (SSSR count). The summed E-state index contributed by atoms with van der Waals surface area (Å²) in [4.78, 5) is 0. The minimum atomic E-state index is 0.318. The van der Waals surface area contributed by atoms with Gasteiger partial charge >= 0.3 is 0 Å². The highest BCUT2D eigenvalue weighted by Crippen LogP contribution is 2.12. The van der Waals surface area contributed by atoms with Crippen molar-refractivity contribution in [2.75, 3.05) is 13.2 Å². The Kier molecular flexibility index (Phi) is 6.12. The maximum atomic E-state index is 8.61. The second kappa shape index (κ2) is 7.49. The monoisotopic (exact) mass is 211 g/mol. The summed E-state index contributed by atoms with van der Waals surface area (Å²) in [6, 6.07) is 2.35. The molecule has 3 heteroatoms. The van der Waals surface area contributed by atoms with E-state index in [1.54, 1.807) is 12.5 Å². The number of unbranched alkanes of at least 4 members (excludes halogenated alkanes) is 3. The summed E-state index contributed by atoms with van der Waals surface area (Å²) < 4.78 is 5.03. The lowest BCUT2D eigenvalue weighted by atomic mass is 10.1. The van der Waals surface area contributed by atoms with Crippen LogP contribution in [-0.2, 0) is 0 Å². The highest BCUT2D eigenvalue weighted by atomic mass is 16.3. The van der Waals surface area contributed by atoms with Gasteiger partial charge in [0.15, 0.2) is 0 Å². The minimum Gasteiger partial charge on any atom is -0.472 e. The molecule has 0 bridgehead atoms. The van der Waals surface area contributed by atoms with E-state index in [1.807, 2.05) is 6.07 Å². The highest BCUT2D eigenvalue weighted by Gasteiger charge is 2.04. The lowest BCUT2D eigenvalue weighted by molar-refractivity contribution is 0.282. The Morgan fingerprint density at radius 3 is 2.80 bits per heavy atom. The maximum absolute atomic E-state index is 8.61. The molecule has 1 heterocycles. The molecule has 1 aromatic heterocycles. The zero-order valence-corrected chi connectivity index (χ0v) is 9.41. The summed E-state index contributed by atoms with van der Waals surface area (Å²) in [6.07, 6.45) is 7.89. The van der Waals surface area contributed by atoms with Gasteiger partial charge in [-0.25, -0.2) is 0 Å². The predicted octanol–water partition coefficient (Wildman–Crippen LogP) is 2.48. The van der Waals surface area contributed by atoms with E-state index in [0.717, 1.165) is 19.4 Å². The average molecular weight is 211 g/mol. The number of nitrogens with one attached hydrogen (secondary N) is 1. The van der Waals surface area contributed by atoms with Crippen LogP contribution >= 0.6 is 0 Å². The van der Waals surface area contributed by atoms with Crippen LogP contribution in [0.5, 0.6) is 0 Å². The summed E-state index contributed by atoms with van der Waals surface area (Å²) in [6.45, 7) is 3.48. The molecule has 0 amide bonds. The molecule has 0 aliphatic rings. The number of furan rings is 1. The van der Waals surface area contributed by atoms with Crippen LogP contribution < -0.4 is 5.32 Å². The van der Waals surface area contributed by atoms with E-state index < -0.39 is 0 Å². The Morgan fingerprint density at radius 1 is 1.33 bits per heavy atom. The number of hydrogen-bond donors (Lipinski definition) is 2. The molecule has 15 heavy (non-hydrogen) atoms. The van der Waals surface area contributed by atoms with Crippen molar-refractivity contribution in [1.29, 1.82) is 0 Å². The van der Waals surface area contributed by atoms with Crippen molar-refractivity contribution in [3.05, 3.63) is 24.2 Å². The largest absolute Gasteiger partial charge is 0.472 e. The lowest BCUT2D eigenvalue weighted by Gasteiger charge is -2.11. The van der Waals surface area contributed by atoms with Crippen molar-refractivity contribution in [1.82, 2.24) is 5.32 Å². The Morgan fingerprint density at radius 2 is 2.13 bits per heavy atom. The molecule has 0 spiro atoms. The first-order valence-corrected chi connectivity index (χ1v) is 5.71. The number of hydrogen-bond acceptors (Lipinski definition) is 3. The summed E-state index contributed by atoms with van der Waals surface area (Å²) in [5, 5.41) is 12.0. The van der Waals surface area contributed by atoms with Gasteiger partial charge < -0.3 is 14.8 Å². The molecule has 0 fully saturated rings. The fourth-order valence-corrected chi connectivity index (χ4v) is 1.55. The Hall–Kier alpha value is -0.800. The van der Waals surface area contributed by atoms with Crippen molar-refractivity contribution in [2.45, 2.75) is 38.6 Å². The van der Waals surface area contributed by atoms with Crippen LogP contribution in [0.25, 0.3) is 0 Å². The molecule has 0 radical (unpaired) electrons. The average Bonchev–Trinajstić information content (AvgIpc) is 2.76. The Balaban J connectivity index is 2.00. The van der Waals surface area contributed by atoms with Gasteiger partial charge in [0.05, 0.1) is 12.5 Å². The topological polar surface area (TPSA) is 45.4 Å². The van der Waals surface area contributed by atoms with Crippen LogP contribution in [0.2, 0.25) is 0 Å². The van der Waals surface area contributed by atoms with Crippen molar-refractivity contribution in [2.24, 2.45) is 0 Å². The zero-order valence-electron chi connectivity index (χ0n) is 9.41. The Bertz CT molecular complexity index is 234. The predicted molar refractivity (Wildman–Crippen MR) is 60.7 cm³/mol. The van der Waals surface area contributed by atoms with Crippen LogP contribution in [0.1, 0.15) is 44.2 Å². The Labute approximate surface area is 91.5 Å². The molecular weight excluding hydrogens is 190 g/mol. The molecule has 3 nitrogen and oxygen atoms in total. The van der Waals surface area contributed by atoms with Crippen molar-refractivity contribution >= 4 is 0 Å². The van der Waals surface area contributed by atoms with Gasteiger partial charge in [-0.05, 0) is 32.4 Å². The van der Waals surface area contributed by atoms with Gasteiger partial charge in [0.1, 0.15) is 0 Å². The summed E-state index contributed by atoms with van der Waals surface area (Å²) >= 11 is 0. The molecule has 1 aromatic rings. The molecule has 1 unspecified atom stereocenters. The van der Waals surface area contributed by atoms with Crippen molar-refractivity contribution < 1.29 is 9.52 Å². The van der Waals surface area contributed by atoms with Crippen LogP contribution in [0.4, 0.5) is 0 Å². The number of aliphatic hydroxyl groups excluding tert-OH is 1. The van der Waals surface area contributed by atoms with E-state index in [9.17, 15) is 0 Å².